The quantitative estimate of drug-likeness (QED) is 0.410. The van der Waals surface area contributed by atoms with Gasteiger partial charge in [0.1, 0.15) is 5.58 Å². The maximum Gasteiger partial charge on any atom is 0.362 e. The summed E-state index contributed by atoms with van der Waals surface area (Å²) in [6.45, 7) is 1.46. The van der Waals surface area contributed by atoms with Gasteiger partial charge in [0.05, 0.1) is 5.69 Å². The third-order valence-corrected chi connectivity index (χ3v) is 5.28. The largest absolute Gasteiger partial charge is 0.421 e. The van der Waals surface area contributed by atoms with Gasteiger partial charge in [0.15, 0.2) is 11.5 Å². The second-order valence-corrected chi connectivity index (χ2v) is 7.48. The summed E-state index contributed by atoms with van der Waals surface area (Å²) < 4.78 is 5.42. The molecule has 7 nitrogen and oxygen atoms in total. The predicted octanol–water partition coefficient (Wildman–Crippen LogP) is 4.99. The Morgan fingerprint density at radius 2 is 1.73 bits per heavy atom. The second kappa shape index (κ2) is 8.41. The highest BCUT2D eigenvalue weighted by atomic mass is 16.4. The zero-order chi connectivity index (χ0) is 21.1. The first-order valence-corrected chi connectivity index (χ1v) is 10.0. The lowest BCUT2D eigenvalue weighted by molar-refractivity contribution is 0.101. The summed E-state index contributed by atoms with van der Waals surface area (Å²) in [5.41, 5.74) is 1.42. The van der Waals surface area contributed by atoms with Crippen LogP contribution in [0.1, 0.15) is 43.0 Å². The van der Waals surface area contributed by atoms with E-state index in [0.29, 0.717) is 22.5 Å². The molecule has 154 valence electrons. The number of fused-ring (bicyclic) bond motifs is 1. The summed E-state index contributed by atoms with van der Waals surface area (Å²) in [5, 5.41) is 9.48. The van der Waals surface area contributed by atoms with Gasteiger partial charge < -0.3 is 15.1 Å². The number of carbonyl (C=O) groups is 2. The highest BCUT2D eigenvalue weighted by Crippen LogP contribution is 2.32. The lowest BCUT2D eigenvalue weighted by Crippen LogP contribution is -2.26. The molecule has 1 aromatic heterocycles. The standard InChI is InChI=1S/C23H23N3O4/c1-14(27)15-7-6-10-17(13-15)25-23(29)26-21-20(24-16-8-2-3-9-16)18-11-4-5-12-19(18)30-22(21)28/h4-7,10-13,16,24H,2-3,8-9H2,1H3,(H2,25,26,29). The average molecular weight is 405 g/mol. The Bertz CT molecular complexity index is 1160. The fourth-order valence-corrected chi connectivity index (χ4v) is 3.78. The number of ketones is 1. The van der Waals surface area contributed by atoms with E-state index in [0.717, 1.165) is 31.1 Å². The van der Waals surface area contributed by atoms with Gasteiger partial charge in [-0.3, -0.25) is 10.1 Å². The van der Waals surface area contributed by atoms with E-state index in [1.807, 2.05) is 12.1 Å². The van der Waals surface area contributed by atoms with Crippen LogP contribution in [0.15, 0.2) is 57.7 Å². The van der Waals surface area contributed by atoms with Crippen LogP contribution in [-0.2, 0) is 0 Å². The molecule has 30 heavy (non-hydrogen) atoms. The molecule has 7 heteroatoms. The molecule has 4 rings (SSSR count). The summed E-state index contributed by atoms with van der Waals surface area (Å²) in [4.78, 5) is 36.9. The molecule has 1 fully saturated rings. The molecular weight excluding hydrogens is 382 g/mol. The van der Waals surface area contributed by atoms with Crippen molar-refractivity contribution in [3.63, 3.8) is 0 Å². The first-order valence-electron chi connectivity index (χ1n) is 10.0. The van der Waals surface area contributed by atoms with Crippen molar-refractivity contribution in [2.24, 2.45) is 0 Å². The summed E-state index contributed by atoms with van der Waals surface area (Å²) in [7, 11) is 0. The minimum atomic E-state index is -0.623. The number of carbonyl (C=O) groups excluding carboxylic acids is 2. The van der Waals surface area contributed by atoms with Crippen molar-refractivity contribution in [2.45, 2.75) is 38.6 Å². The number of amides is 2. The lowest BCUT2D eigenvalue weighted by atomic mass is 10.1. The molecule has 0 radical (unpaired) electrons. The van der Waals surface area contributed by atoms with E-state index in [4.69, 9.17) is 4.42 Å². The van der Waals surface area contributed by atoms with Crippen molar-refractivity contribution < 1.29 is 14.0 Å². The van der Waals surface area contributed by atoms with Gasteiger partial charge >= 0.3 is 11.7 Å². The summed E-state index contributed by atoms with van der Waals surface area (Å²) in [6, 6.07) is 13.5. The predicted molar refractivity (Wildman–Crippen MR) is 117 cm³/mol. The first kappa shape index (κ1) is 19.7. The van der Waals surface area contributed by atoms with Gasteiger partial charge in [-0.25, -0.2) is 9.59 Å². The van der Waals surface area contributed by atoms with Crippen LogP contribution in [0.25, 0.3) is 11.0 Å². The maximum atomic E-state index is 12.7. The zero-order valence-electron chi connectivity index (χ0n) is 16.7. The third kappa shape index (κ3) is 4.20. The minimum absolute atomic E-state index is 0.0702. The maximum absolute atomic E-state index is 12.7. The van der Waals surface area contributed by atoms with Gasteiger partial charge in [-0.1, -0.05) is 37.1 Å². The number of rotatable bonds is 5. The van der Waals surface area contributed by atoms with E-state index in [9.17, 15) is 14.4 Å². The molecule has 0 unspecified atom stereocenters. The van der Waals surface area contributed by atoms with Crippen molar-refractivity contribution >= 4 is 39.8 Å². The summed E-state index contributed by atoms with van der Waals surface area (Å²) in [5.74, 6) is -0.0997. The smallest absolute Gasteiger partial charge is 0.362 e. The summed E-state index contributed by atoms with van der Waals surface area (Å²) in [6.07, 6.45) is 4.29. The van der Waals surface area contributed by atoms with E-state index in [2.05, 4.69) is 16.0 Å². The van der Waals surface area contributed by atoms with E-state index in [-0.39, 0.29) is 17.5 Å². The molecule has 2 amide bonds. The second-order valence-electron chi connectivity index (χ2n) is 7.48. The molecule has 3 N–H and O–H groups in total. The summed E-state index contributed by atoms with van der Waals surface area (Å²) >= 11 is 0. The van der Waals surface area contributed by atoms with E-state index in [1.165, 1.54) is 6.92 Å². The fraction of sp³-hybridized carbons (Fsp3) is 0.261. The van der Waals surface area contributed by atoms with Crippen molar-refractivity contribution in [1.82, 2.24) is 0 Å². The van der Waals surface area contributed by atoms with Crippen molar-refractivity contribution in [1.29, 1.82) is 0 Å². The van der Waals surface area contributed by atoms with Gasteiger partial charge in [-0.15, -0.1) is 0 Å². The van der Waals surface area contributed by atoms with Crippen molar-refractivity contribution in [2.75, 3.05) is 16.0 Å². The Morgan fingerprint density at radius 1 is 0.967 bits per heavy atom. The van der Waals surface area contributed by atoms with Gasteiger partial charge in [-0.2, -0.15) is 0 Å². The van der Waals surface area contributed by atoms with Crippen LogP contribution in [0.2, 0.25) is 0 Å². The Balaban J connectivity index is 1.65. The Hall–Kier alpha value is -3.61. The highest BCUT2D eigenvalue weighted by molar-refractivity contribution is 6.06. The number of anilines is 3. The van der Waals surface area contributed by atoms with Gasteiger partial charge in [0.25, 0.3) is 0 Å². The molecule has 0 atom stereocenters. The molecule has 2 aromatic carbocycles. The number of hydrogen-bond donors (Lipinski definition) is 3. The van der Waals surface area contributed by atoms with Crippen LogP contribution in [0, 0.1) is 0 Å². The molecule has 0 bridgehead atoms. The zero-order valence-corrected chi connectivity index (χ0v) is 16.7. The third-order valence-electron chi connectivity index (χ3n) is 5.28. The highest BCUT2D eigenvalue weighted by Gasteiger charge is 2.22. The van der Waals surface area contributed by atoms with Crippen LogP contribution < -0.4 is 21.6 Å². The van der Waals surface area contributed by atoms with Crippen LogP contribution >= 0.6 is 0 Å². The molecule has 1 aliphatic rings. The molecule has 3 aromatic rings. The van der Waals surface area contributed by atoms with E-state index < -0.39 is 11.7 Å². The number of hydrogen-bond acceptors (Lipinski definition) is 5. The molecule has 1 heterocycles. The fourth-order valence-electron chi connectivity index (χ4n) is 3.78. The normalized spacial score (nSPS) is 13.9. The van der Waals surface area contributed by atoms with Gasteiger partial charge in [0.2, 0.25) is 0 Å². The monoisotopic (exact) mass is 405 g/mol. The Labute approximate surface area is 173 Å². The minimum Gasteiger partial charge on any atom is -0.421 e. The SMILES string of the molecule is CC(=O)c1cccc(NC(=O)Nc2c(NC3CCCC3)c3ccccc3oc2=O)c1. The van der Waals surface area contributed by atoms with Gasteiger partial charge in [-0.05, 0) is 44.0 Å². The molecule has 0 spiro atoms. The number of urea groups is 1. The van der Waals surface area contributed by atoms with Crippen molar-refractivity contribution in [3.05, 3.63) is 64.5 Å². The number of benzene rings is 2. The number of nitrogens with one attached hydrogen (secondary N) is 3. The molecule has 1 saturated carbocycles. The van der Waals surface area contributed by atoms with Crippen LogP contribution in [0.5, 0.6) is 0 Å². The Kier molecular flexibility index (Phi) is 5.52. The number of para-hydroxylation sites is 1. The van der Waals surface area contributed by atoms with Crippen molar-refractivity contribution in [3.8, 4) is 0 Å². The van der Waals surface area contributed by atoms with Crippen LogP contribution in [0.4, 0.5) is 21.9 Å². The molecule has 0 aliphatic heterocycles. The molecule has 0 saturated heterocycles. The topological polar surface area (TPSA) is 100 Å². The average Bonchev–Trinajstić information content (AvgIpc) is 3.24. The first-order chi connectivity index (χ1) is 14.5. The Morgan fingerprint density at radius 3 is 2.50 bits per heavy atom. The van der Waals surface area contributed by atoms with E-state index in [1.54, 1.807) is 36.4 Å². The molecular formula is C23H23N3O4. The molecule has 1 aliphatic carbocycles. The van der Waals surface area contributed by atoms with Crippen LogP contribution in [0.3, 0.4) is 0 Å². The van der Waals surface area contributed by atoms with Crippen LogP contribution in [-0.4, -0.2) is 17.9 Å². The number of Topliss-reactive ketones (excluding diaryl/α,β-unsaturated/α-hetero) is 1. The lowest BCUT2D eigenvalue weighted by Gasteiger charge is -2.18. The van der Waals surface area contributed by atoms with Gasteiger partial charge in [0, 0.05) is 22.7 Å². The van der Waals surface area contributed by atoms with E-state index >= 15 is 0 Å².